The number of hydrogen-bond acceptors (Lipinski definition) is 6. The number of halogens is 5. The minimum atomic E-state index is -5.72. The topological polar surface area (TPSA) is 107 Å². The van der Waals surface area contributed by atoms with Crippen LogP contribution in [0.2, 0.25) is 0 Å². The first-order valence-corrected chi connectivity index (χ1v) is 12.9. The number of hydrogen-bond donors (Lipinski definition) is 1. The molecule has 1 fully saturated rings. The van der Waals surface area contributed by atoms with Crippen LogP contribution in [0.4, 0.5) is 8.78 Å². The minimum Gasteiger partial charge on any atom is -0.458 e. The number of alkyl halides is 2. The second-order valence-electron chi connectivity index (χ2n) is 6.34. The zero-order chi connectivity index (χ0) is 22.0. The summed E-state index contributed by atoms with van der Waals surface area (Å²) in [6.07, 6.45) is 1.75. The van der Waals surface area contributed by atoms with Crippen LogP contribution in [0.25, 0.3) is 0 Å². The van der Waals surface area contributed by atoms with E-state index in [2.05, 4.69) is 27.3 Å². The number of carbonyl (C=O) groups excluding carboxylic acids is 2. The minimum absolute atomic E-state index is 0.219. The highest BCUT2D eigenvalue weighted by Gasteiger charge is 2.47. The molecule has 162 valence electrons. The molecule has 7 nitrogen and oxygen atoms in total. The molecule has 0 amide bonds. The smallest absolute Gasteiger partial charge is 0.402 e. The van der Waals surface area contributed by atoms with Crippen molar-refractivity contribution in [3.63, 3.8) is 0 Å². The monoisotopic (exact) mass is 770 g/mol. The average molecular weight is 770 g/mol. The molecule has 2 rings (SSSR count). The molecule has 2 unspecified atom stereocenters. The van der Waals surface area contributed by atoms with Gasteiger partial charge in [0.25, 0.3) is 0 Å². The van der Waals surface area contributed by atoms with Gasteiger partial charge in [0.2, 0.25) is 0 Å². The Balaban J connectivity index is 2.13. The van der Waals surface area contributed by atoms with Crippen molar-refractivity contribution < 1.29 is 40.8 Å². The third-order valence-corrected chi connectivity index (χ3v) is 7.40. The highest BCUT2D eigenvalue weighted by Crippen LogP contribution is 2.35. The van der Waals surface area contributed by atoms with E-state index in [1.54, 1.807) is 0 Å². The maximum absolute atomic E-state index is 13.3. The Labute approximate surface area is 206 Å². The van der Waals surface area contributed by atoms with Gasteiger partial charge in [-0.25, -0.2) is 0 Å². The van der Waals surface area contributed by atoms with E-state index in [0.717, 1.165) is 3.57 Å². The van der Waals surface area contributed by atoms with Crippen molar-refractivity contribution in [3.05, 3.63) is 22.8 Å². The SMILES string of the molecule is O=C(OCC(F)(F)S(=O)(=O)O)C1CCCCC1C(=O)Oc1c(I)cc(I)cc1I. The molecule has 0 spiro atoms. The van der Waals surface area contributed by atoms with Crippen LogP contribution in [0, 0.1) is 22.5 Å². The molecule has 29 heavy (non-hydrogen) atoms. The Hall–Kier alpha value is 0.120. The summed E-state index contributed by atoms with van der Waals surface area (Å²) in [5.41, 5.74) is 0. The van der Waals surface area contributed by atoms with E-state index >= 15 is 0 Å². The van der Waals surface area contributed by atoms with Crippen LogP contribution in [0.5, 0.6) is 5.75 Å². The quantitative estimate of drug-likeness (QED) is 0.200. The lowest BCUT2D eigenvalue weighted by atomic mass is 9.79. The normalized spacial score (nSPS) is 20.2. The molecule has 0 aliphatic heterocycles. The largest absolute Gasteiger partial charge is 0.458 e. The first-order valence-electron chi connectivity index (χ1n) is 8.21. The van der Waals surface area contributed by atoms with Crippen LogP contribution in [0.1, 0.15) is 25.7 Å². The Morgan fingerprint density at radius 3 is 2.03 bits per heavy atom. The predicted molar refractivity (Wildman–Crippen MR) is 123 cm³/mol. The summed E-state index contributed by atoms with van der Waals surface area (Å²) in [5.74, 6) is -3.38. The Morgan fingerprint density at radius 2 is 1.55 bits per heavy atom. The van der Waals surface area contributed by atoms with Crippen LogP contribution in [0.3, 0.4) is 0 Å². The van der Waals surface area contributed by atoms with Gasteiger partial charge in [-0.3, -0.25) is 14.1 Å². The van der Waals surface area contributed by atoms with Gasteiger partial charge in [0, 0.05) is 3.57 Å². The maximum atomic E-state index is 13.3. The molecule has 1 N–H and O–H groups in total. The lowest BCUT2D eigenvalue weighted by Gasteiger charge is -2.28. The van der Waals surface area contributed by atoms with E-state index < -0.39 is 45.8 Å². The van der Waals surface area contributed by atoms with Crippen LogP contribution < -0.4 is 4.74 Å². The van der Waals surface area contributed by atoms with Gasteiger partial charge >= 0.3 is 27.3 Å². The first kappa shape index (κ1) is 25.4. The lowest BCUT2D eigenvalue weighted by Crippen LogP contribution is -2.39. The Morgan fingerprint density at radius 1 is 1.07 bits per heavy atom. The van der Waals surface area contributed by atoms with E-state index in [4.69, 9.17) is 9.29 Å². The molecule has 1 aliphatic carbocycles. The zero-order valence-electron chi connectivity index (χ0n) is 14.5. The Bertz CT molecular complexity index is 885. The van der Waals surface area contributed by atoms with Crippen LogP contribution >= 0.6 is 67.8 Å². The van der Waals surface area contributed by atoms with Gasteiger partial charge in [-0.1, -0.05) is 12.8 Å². The molecule has 1 aromatic rings. The highest BCUT2D eigenvalue weighted by molar-refractivity contribution is 14.1. The molecule has 1 aromatic carbocycles. The number of rotatable bonds is 6. The van der Waals surface area contributed by atoms with Crippen molar-refractivity contribution >= 4 is 89.8 Å². The van der Waals surface area contributed by atoms with Crippen molar-refractivity contribution in [2.75, 3.05) is 6.61 Å². The van der Waals surface area contributed by atoms with Gasteiger partial charge in [-0.2, -0.15) is 17.2 Å². The third kappa shape index (κ3) is 6.55. The molecular weight excluding hydrogens is 755 g/mol. The van der Waals surface area contributed by atoms with Crippen LogP contribution in [-0.2, 0) is 24.4 Å². The third-order valence-electron chi connectivity index (χ3n) is 4.30. The number of carbonyl (C=O) groups is 2. The van der Waals surface area contributed by atoms with E-state index in [9.17, 15) is 26.8 Å². The maximum Gasteiger partial charge on any atom is 0.402 e. The highest BCUT2D eigenvalue weighted by atomic mass is 127. The fourth-order valence-electron chi connectivity index (χ4n) is 2.83. The van der Waals surface area contributed by atoms with E-state index in [1.165, 1.54) is 0 Å². The molecule has 0 saturated heterocycles. The summed E-state index contributed by atoms with van der Waals surface area (Å²) < 4.78 is 68.7. The van der Waals surface area contributed by atoms with Gasteiger partial charge in [0.05, 0.1) is 19.0 Å². The van der Waals surface area contributed by atoms with Gasteiger partial charge in [-0.05, 0) is 92.7 Å². The summed E-state index contributed by atoms with van der Waals surface area (Å²) in [5, 5.41) is -4.62. The first-order chi connectivity index (χ1) is 13.3. The number of esters is 2. The van der Waals surface area contributed by atoms with Crippen molar-refractivity contribution in [1.29, 1.82) is 0 Å². The molecule has 1 saturated carbocycles. The van der Waals surface area contributed by atoms with Crippen LogP contribution in [0.15, 0.2) is 12.1 Å². The second-order valence-corrected chi connectivity index (χ2v) is 11.5. The van der Waals surface area contributed by atoms with Gasteiger partial charge in [-0.15, -0.1) is 0 Å². The molecule has 0 aromatic heterocycles. The molecule has 0 radical (unpaired) electrons. The van der Waals surface area contributed by atoms with Crippen molar-refractivity contribution in [2.45, 2.75) is 30.9 Å². The predicted octanol–water partition coefficient (Wildman–Crippen LogP) is 4.24. The van der Waals surface area contributed by atoms with E-state index in [0.29, 0.717) is 32.2 Å². The summed E-state index contributed by atoms with van der Waals surface area (Å²) in [4.78, 5) is 25.0. The number of ether oxygens (including phenoxy) is 2. The van der Waals surface area contributed by atoms with Gasteiger partial charge < -0.3 is 9.47 Å². The molecule has 0 heterocycles. The van der Waals surface area contributed by atoms with Gasteiger partial charge in [0.15, 0.2) is 12.4 Å². The molecule has 13 heteroatoms. The summed E-state index contributed by atoms with van der Waals surface area (Å²) >= 11 is 6.17. The van der Waals surface area contributed by atoms with Crippen molar-refractivity contribution in [2.24, 2.45) is 11.8 Å². The number of benzene rings is 1. The fourth-order valence-corrected chi connectivity index (χ4v) is 6.85. The summed E-state index contributed by atoms with van der Waals surface area (Å²) in [6, 6.07) is 3.63. The lowest BCUT2D eigenvalue weighted by molar-refractivity contribution is -0.162. The second kappa shape index (κ2) is 10.2. The summed E-state index contributed by atoms with van der Waals surface area (Å²) in [7, 11) is -5.72. The standard InChI is InChI=1S/C16H15F2I3O7S/c17-16(18,29(24,25)26)7-27-14(22)9-3-1-2-4-10(9)15(23)28-13-11(20)5-8(19)6-12(13)21/h5-6,9-10H,1-4,7H2,(H,24,25,26). The molecule has 0 bridgehead atoms. The van der Waals surface area contributed by atoms with Crippen molar-refractivity contribution in [3.8, 4) is 5.75 Å². The fraction of sp³-hybridized carbons (Fsp3) is 0.500. The zero-order valence-corrected chi connectivity index (χ0v) is 21.8. The van der Waals surface area contributed by atoms with Crippen LogP contribution in [-0.4, -0.2) is 36.8 Å². The average Bonchev–Trinajstić information content (AvgIpc) is 2.61. The summed E-state index contributed by atoms with van der Waals surface area (Å²) in [6.45, 7) is -1.82. The van der Waals surface area contributed by atoms with Crippen molar-refractivity contribution in [1.82, 2.24) is 0 Å². The molecule has 1 aliphatic rings. The Kier molecular flexibility index (Phi) is 8.89. The molecule has 2 atom stereocenters. The van der Waals surface area contributed by atoms with Gasteiger partial charge in [0.1, 0.15) is 0 Å². The molecular formula is C16H15F2I3O7S. The van der Waals surface area contributed by atoms with E-state index in [1.807, 2.05) is 57.3 Å². The van der Waals surface area contributed by atoms with E-state index in [-0.39, 0.29) is 6.42 Å².